The Balaban J connectivity index is 1.69. The van der Waals surface area contributed by atoms with Crippen molar-refractivity contribution in [3.63, 3.8) is 0 Å². The second-order valence-corrected chi connectivity index (χ2v) is 5.05. The molecular weight excluding hydrogens is 182 g/mol. The first kappa shape index (κ1) is 9.77. The van der Waals surface area contributed by atoms with E-state index in [1.807, 2.05) is 11.8 Å². The van der Waals surface area contributed by atoms with Gasteiger partial charge in [0.1, 0.15) is 0 Å². The third kappa shape index (κ3) is 2.84. The molecule has 13 heavy (non-hydrogen) atoms. The molecule has 0 aromatic carbocycles. The molecule has 1 N–H and O–H groups in total. The quantitative estimate of drug-likeness (QED) is 0.672. The molecule has 0 aliphatic carbocycles. The maximum absolute atomic E-state index is 3.52. The van der Waals surface area contributed by atoms with Gasteiger partial charge in [-0.25, -0.2) is 0 Å². The summed E-state index contributed by atoms with van der Waals surface area (Å²) in [6.45, 7) is 6.22. The van der Waals surface area contributed by atoms with Gasteiger partial charge in [0, 0.05) is 50.4 Å². The summed E-state index contributed by atoms with van der Waals surface area (Å²) < 4.78 is 0. The van der Waals surface area contributed by atoms with Crippen molar-refractivity contribution in [2.75, 3.05) is 51.4 Å². The number of nitrogens with one attached hydrogen (secondary N) is 1. The molecule has 3 nitrogen and oxygen atoms in total. The van der Waals surface area contributed by atoms with E-state index >= 15 is 0 Å². The summed E-state index contributed by atoms with van der Waals surface area (Å²) in [7, 11) is 2.21. The van der Waals surface area contributed by atoms with E-state index in [2.05, 4.69) is 22.2 Å². The van der Waals surface area contributed by atoms with E-state index in [4.69, 9.17) is 0 Å². The van der Waals surface area contributed by atoms with Crippen molar-refractivity contribution < 1.29 is 0 Å². The Bertz CT molecular complexity index is 151. The fourth-order valence-electron chi connectivity index (χ4n) is 1.90. The van der Waals surface area contributed by atoms with Gasteiger partial charge >= 0.3 is 0 Å². The summed E-state index contributed by atoms with van der Waals surface area (Å²) in [5.74, 6) is 2.45. The zero-order chi connectivity index (χ0) is 9.10. The van der Waals surface area contributed by atoms with Crippen LogP contribution in [0.25, 0.3) is 0 Å². The molecule has 2 aliphatic rings. The van der Waals surface area contributed by atoms with Crippen molar-refractivity contribution in [1.29, 1.82) is 0 Å². The first-order valence-electron chi connectivity index (χ1n) is 5.06. The van der Waals surface area contributed by atoms with Gasteiger partial charge in [-0.1, -0.05) is 0 Å². The Kier molecular flexibility index (Phi) is 3.49. The minimum absolute atomic E-state index is 0.744. The van der Waals surface area contributed by atoms with Gasteiger partial charge in [-0.05, 0) is 7.05 Å². The number of nitrogens with zero attached hydrogens (tertiary/aromatic N) is 2. The number of thioether (sulfide) groups is 1. The largest absolute Gasteiger partial charge is 0.304 e. The van der Waals surface area contributed by atoms with Crippen molar-refractivity contribution in [1.82, 2.24) is 15.1 Å². The molecule has 0 radical (unpaired) electrons. The standard InChI is InChI=1S/C9H19N3S/c1-11-2-4-12(5-3-11)6-9-7-13-8-10-9/h9-10H,2-8H2,1H3. The number of hydrogen-bond donors (Lipinski definition) is 1. The normalized spacial score (nSPS) is 32.5. The van der Waals surface area contributed by atoms with E-state index in [0.29, 0.717) is 0 Å². The Hall–Kier alpha value is 0.230. The summed E-state index contributed by atoms with van der Waals surface area (Å²) in [6, 6.07) is 0.744. The van der Waals surface area contributed by atoms with Crippen LogP contribution in [-0.4, -0.2) is 67.2 Å². The topological polar surface area (TPSA) is 18.5 Å². The van der Waals surface area contributed by atoms with E-state index in [-0.39, 0.29) is 0 Å². The fourth-order valence-corrected chi connectivity index (χ4v) is 2.88. The van der Waals surface area contributed by atoms with Gasteiger partial charge in [-0.15, -0.1) is 11.8 Å². The average Bonchev–Trinajstić information content (AvgIpc) is 2.62. The molecule has 1 unspecified atom stereocenters. The molecule has 2 saturated heterocycles. The van der Waals surface area contributed by atoms with E-state index in [0.717, 1.165) is 11.9 Å². The number of hydrogen-bond acceptors (Lipinski definition) is 4. The zero-order valence-electron chi connectivity index (χ0n) is 8.33. The van der Waals surface area contributed by atoms with E-state index in [9.17, 15) is 0 Å². The van der Waals surface area contributed by atoms with Crippen LogP contribution in [0, 0.1) is 0 Å². The SMILES string of the molecule is CN1CCN(CC2CSCN2)CC1. The highest BCUT2D eigenvalue weighted by atomic mass is 32.2. The van der Waals surface area contributed by atoms with Crippen LogP contribution in [0.4, 0.5) is 0 Å². The summed E-state index contributed by atoms with van der Waals surface area (Å²) in [6.07, 6.45) is 0. The molecule has 0 amide bonds. The molecule has 76 valence electrons. The van der Waals surface area contributed by atoms with Gasteiger partial charge in [0.15, 0.2) is 0 Å². The molecule has 2 rings (SSSR count). The van der Waals surface area contributed by atoms with E-state index < -0.39 is 0 Å². The van der Waals surface area contributed by atoms with E-state index in [1.165, 1.54) is 38.5 Å². The van der Waals surface area contributed by atoms with Crippen molar-refractivity contribution >= 4 is 11.8 Å². The summed E-state index contributed by atoms with van der Waals surface area (Å²) in [5, 5.41) is 3.52. The number of piperazine rings is 1. The summed E-state index contributed by atoms with van der Waals surface area (Å²) in [5.41, 5.74) is 0. The summed E-state index contributed by atoms with van der Waals surface area (Å²) in [4.78, 5) is 5.00. The number of rotatable bonds is 2. The van der Waals surface area contributed by atoms with Gasteiger partial charge in [0.25, 0.3) is 0 Å². The zero-order valence-corrected chi connectivity index (χ0v) is 9.15. The Morgan fingerprint density at radius 3 is 2.69 bits per heavy atom. The van der Waals surface area contributed by atoms with Crippen molar-refractivity contribution in [2.24, 2.45) is 0 Å². The molecule has 0 spiro atoms. The molecule has 2 fully saturated rings. The van der Waals surface area contributed by atoms with Crippen molar-refractivity contribution in [3.05, 3.63) is 0 Å². The van der Waals surface area contributed by atoms with Gasteiger partial charge in [-0.2, -0.15) is 0 Å². The molecule has 2 heterocycles. The van der Waals surface area contributed by atoms with Crippen LogP contribution in [-0.2, 0) is 0 Å². The lowest BCUT2D eigenvalue weighted by atomic mass is 10.2. The molecule has 0 aromatic rings. The molecule has 4 heteroatoms. The predicted molar refractivity (Wildman–Crippen MR) is 58.2 cm³/mol. The van der Waals surface area contributed by atoms with Gasteiger partial charge in [0.05, 0.1) is 0 Å². The number of likely N-dealkylation sites (N-methyl/N-ethyl adjacent to an activating group) is 1. The second-order valence-electron chi connectivity index (χ2n) is 4.02. The molecule has 0 aromatic heterocycles. The van der Waals surface area contributed by atoms with Crippen LogP contribution < -0.4 is 5.32 Å². The summed E-state index contributed by atoms with van der Waals surface area (Å²) >= 11 is 2.02. The molecule has 2 aliphatic heterocycles. The van der Waals surface area contributed by atoms with Crippen LogP contribution in [0.3, 0.4) is 0 Å². The maximum atomic E-state index is 3.52. The van der Waals surface area contributed by atoms with Crippen LogP contribution in [0.15, 0.2) is 0 Å². The highest BCUT2D eigenvalue weighted by Crippen LogP contribution is 2.11. The Morgan fingerprint density at radius 2 is 2.08 bits per heavy atom. The third-order valence-corrected chi connectivity index (χ3v) is 3.88. The van der Waals surface area contributed by atoms with Crippen LogP contribution in [0.5, 0.6) is 0 Å². The second kappa shape index (κ2) is 4.64. The van der Waals surface area contributed by atoms with Gasteiger partial charge in [-0.3, -0.25) is 4.90 Å². The van der Waals surface area contributed by atoms with Crippen LogP contribution in [0.2, 0.25) is 0 Å². The smallest absolute Gasteiger partial charge is 0.0421 e. The molecule has 0 bridgehead atoms. The van der Waals surface area contributed by atoms with Crippen LogP contribution >= 0.6 is 11.8 Å². The maximum Gasteiger partial charge on any atom is 0.0421 e. The predicted octanol–water partition coefficient (Wildman–Crippen LogP) is -0.104. The highest BCUT2D eigenvalue weighted by Gasteiger charge is 2.20. The Morgan fingerprint density at radius 1 is 1.31 bits per heavy atom. The van der Waals surface area contributed by atoms with Crippen LogP contribution in [0.1, 0.15) is 0 Å². The fraction of sp³-hybridized carbons (Fsp3) is 1.00. The van der Waals surface area contributed by atoms with Crippen molar-refractivity contribution in [2.45, 2.75) is 6.04 Å². The lowest BCUT2D eigenvalue weighted by Gasteiger charge is -2.33. The van der Waals surface area contributed by atoms with Gasteiger partial charge < -0.3 is 10.2 Å². The molecule has 1 atom stereocenters. The third-order valence-electron chi connectivity index (χ3n) is 2.87. The monoisotopic (exact) mass is 201 g/mol. The first-order valence-corrected chi connectivity index (χ1v) is 6.22. The minimum atomic E-state index is 0.744. The van der Waals surface area contributed by atoms with Gasteiger partial charge in [0.2, 0.25) is 0 Å². The Labute approximate surface area is 84.8 Å². The highest BCUT2D eigenvalue weighted by molar-refractivity contribution is 7.99. The minimum Gasteiger partial charge on any atom is -0.304 e. The molecular formula is C9H19N3S. The van der Waals surface area contributed by atoms with Crippen molar-refractivity contribution in [3.8, 4) is 0 Å². The van der Waals surface area contributed by atoms with E-state index in [1.54, 1.807) is 0 Å². The lowest BCUT2D eigenvalue weighted by Crippen LogP contribution is -2.48. The average molecular weight is 201 g/mol. The first-order chi connectivity index (χ1) is 6.34. The molecule has 0 saturated carbocycles. The lowest BCUT2D eigenvalue weighted by molar-refractivity contribution is 0.146.